The summed E-state index contributed by atoms with van der Waals surface area (Å²) in [7, 11) is -2.45. The minimum Gasteiger partial charge on any atom is -0.490 e. The first kappa shape index (κ1) is 38.5. The number of carbonyl (C=O) groups excluding carboxylic acids is 2. The number of carbonyl (C=O) groups is 2. The summed E-state index contributed by atoms with van der Waals surface area (Å²) < 4.78 is 78.2. The van der Waals surface area contributed by atoms with Crippen molar-refractivity contribution in [2.75, 3.05) is 38.7 Å². The highest BCUT2D eigenvalue weighted by Crippen LogP contribution is 2.29. The summed E-state index contributed by atoms with van der Waals surface area (Å²) >= 11 is 5.94. The molecule has 2 aromatic carbocycles. The van der Waals surface area contributed by atoms with Gasteiger partial charge in [-0.3, -0.25) is 9.59 Å². The number of nitrogens with zero attached hydrogens (tertiary/aromatic N) is 2. The maximum atomic E-state index is 14.2. The Labute approximate surface area is 279 Å². The Morgan fingerprint density at radius 1 is 1.17 bits per heavy atom. The molecule has 1 aliphatic rings. The summed E-state index contributed by atoms with van der Waals surface area (Å²) in [5, 5.41) is 12.9. The molecule has 0 spiro atoms. The number of fused-ring (bicyclic) bond motifs is 1. The number of benzene rings is 2. The van der Waals surface area contributed by atoms with E-state index >= 15 is 0 Å². The lowest BCUT2D eigenvalue weighted by Crippen LogP contribution is -2.48. The molecule has 0 unspecified atom stereocenters. The van der Waals surface area contributed by atoms with Crippen LogP contribution in [0.4, 0.5) is 18.9 Å². The lowest BCUT2D eigenvalue weighted by atomic mass is 10.0. The van der Waals surface area contributed by atoms with Gasteiger partial charge in [0.05, 0.1) is 41.7 Å². The number of sulfonamides is 1. The zero-order chi connectivity index (χ0) is 34.9. The quantitative estimate of drug-likeness (QED) is 0.341. The van der Waals surface area contributed by atoms with Crippen LogP contribution >= 0.6 is 11.6 Å². The van der Waals surface area contributed by atoms with Crippen molar-refractivity contribution in [3.05, 3.63) is 53.1 Å². The number of ether oxygens (including phenoxy) is 2. The zero-order valence-electron chi connectivity index (χ0n) is 26.9. The van der Waals surface area contributed by atoms with Gasteiger partial charge in [-0.15, -0.1) is 0 Å². The van der Waals surface area contributed by atoms with Crippen LogP contribution in [0.5, 0.6) is 5.75 Å². The molecule has 2 amide bonds. The molecular formula is C32H43ClF3N3O7S. The van der Waals surface area contributed by atoms with Crippen LogP contribution in [0.15, 0.2) is 47.4 Å². The molecule has 1 aliphatic heterocycles. The van der Waals surface area contributed by atoms with Gasteiger partial charge in [-0.25, -0.2) is 8.42 Å². The first-order chi connectivity index (χ1) is 22.0. The smallest absolute Gasteiger partial charge is 0.389 e. The van der Waals surface area contributed by atoms with E-state index in [0.29, 0.717) is 30.9 Å². The number of nitrogens with one attached hydrogen (secondary N) is 1. The maximum Gasteiger partial charge on any atom is 0.389 e. The standard InChI is InChI=1S/C32H43ClF3N3O7S/c1-21-18-39(22(2)20-40)31(42)27-17-25(37-30(41)14-15-32(34,35)36)10-13-28(27)46-23(3)7-5-6-16-45-29(21)19-38(4)47(43,44)26-11-8-24(33)9-12-26/h8-13,17,21-23,29,40H,5-7,14-16,18-20H2,1-4H3,(H,37,41)/t21-,22-,23-,29-/m0/s1. The van der Waals surface area contributed by atoms with Crippen LogP contribution in [0, 0.1) is 5.92 Å². The highest BCUT2D eigenvalue weighted by Gasteiger charge is 2.33. The second kappa shape index (κ2) is 17.0. The molecule has 0 bridgehead atoms. The summed E-state index contributed by atoms with van der Waals surface area (Å²) in [6, 6.07) is 9.43. The van der Waals surface area contributed by atoms with E-state index in [1.807, 2.05) is 13.8 Å². The van der Waals surface area contributed by atoms with E-state index in [-0.39, 0.29) is 41.1 Å². The first-order valence-corrected chi connectivity index (χ1v) is 17.3. The van der Waals surface area contributed by atoms with Gasteiger partial charge in [-0.2, -0.15) is 17.5 Å². The number of aliphatic hydroxyl groups is 1. The van der Waals surface area contributed by atoms with E-state index in [1.165, 1.54) is 58.7 Å². The highest BCUT2D eigenvalue weighted by molar-refractivity contribution is 7.89. The van der Waals surface area contributed by atoms with Gasteiger partial charge >= 0.3 is 6.18 Å². The largest absolute Gasteiger partial charge is 0.490 e. The van der Waals surface area contributed by atoms with Crippen LogP contribution in [-0.4, -0.2) is 92.3 Å². The molecule has 1 heterocycles. The predicted molar refractivity (Wildman–Crippen MR) is 172 cm³/mol. The SMILES string of the molecule is C[C@H]1CCCCO[C@@H](CN(C)S(=O)(=O)c2ccc(Cl)cc2)[C@@H](C)CN([C@@H](C)CO)C(=O)c2cc(NC(=O)CCC(F)(F)F)ccc2O1. The van der Waals surface area contributed by atoms with Crippen LogP contribution in [0.3, 0.4) is 0 Å². The summed E-state index contributed by atoms with van der Waals surface area (Å²) in [6.45, 7) is 5.28. The molecule has 15 heteroatoms. The van der Waals surface area contributed by atoms with Crippen LogP contribution in [-0.2, 0) is 19.6 Å². The van der Waals surface area contributed by atoms with E-state index < -0.39 is 65.5 Å². The molecule has 262 valence electrons. The van der Waals surface area contributed by atoms with Gasteiger partial charge in [0.15, 0.2) is 0 Å². The molecule has 0 radical (unpaired) electrons. The number of hydrogen-bond donors (Lipinski definition) is 2. The number of amides is 2. The molecule has 0 aromatic heterocycles. The first-order valence-electron chi connectivity index (χ1n) is 15.4. The van der Waals surface area contributed by atoms with E-state index in [0.717, 1.165) is 0 Å². The maximum absolute atomic E-state index is 14.2. The van der Waals surface area contributed by atoms with Crippen LogP contribution < -0.4 is 10.1 Å². The fraction of sp³-hybridized carbons (Fsp3) is 0.562. The van der Waals surface area contributed by atoms with Crippen LogP contribution in [0.2, 0.25) is 5.02 Å². The van der Waals surface area contributed by atoms with E-state index in [1.54, 1.807) is 6.92 Å². The minimum absolute atomic E-state index is 0.0220. The molecule has 0 fully saturated rings. The second-order valence-electron chi connectivity index (χ2n) is 11.9. The number of alkyl halides is 3. The third-order valence-electron chi connectivity index (χ3n) is 7.93. The third kappa shape index (κ3) is 11.3. The van der Waals surface area contributed by atoms with E-state index in [2.05, 4.69) is 5.32 Å². The van der Waals surface area contributed by atoms with E-state index in [4.69, 9.17) is 21.1 Å². The molecule has 10 nitrogen and oxygen atoms in total. The van der Waals surface area contributed by atoms with Gasteiger partial charge in [0, 0.05) is 49.8 Å². The Bertz CT molecular complexity index is 1460. The van der Waals surface area contributed by atoms with Crippen molar-refractivity contribution in [3.8, 4) is 5.75 Å². The molecular weight excluding hydrogens is 663 g/mol. The Kier molecular flexibility index (Phi) is 13.9. The van der Waals surface area contributed by atoms with Gasteiger partial charge in [-0.05, 0) is 75.6 Å². The second-order valence-corrected chi connectivity index (χ2v) is 14.4. The Balaban J connectivity index is 1.94. The van der Waals surface area contributed by atoms with Crippen molar-refractivity contribution < 1.29 is 45.8 Å². The van der Waals surface area contributed by atoms with Gasteiger partial charge in [0.25, 0.3) is 5.91 Å². The Morgan fingerprint density at radius 3 is 2.49 bits per heavy atom. The van der Waals surface area contributed by atoms with Gasteiger partial charge in [0.1, 0.15) is 5.75 Å². The molecule has 4 atom stereocenters. The van der Waals surface area contributed by atoms with Crippen molar-refractivity contribution in [2.24, 2.45) is 5.92 Å². The zero-order valence-corrected chi connectivity index (χ0v) is 28.5. The number of halogens is 4. The van der Waals surface area contributed by atoms with Gasteiger partial charge in [0.2, 0.25) is 15.9 Å². The van der Waals surface area contributed by atoms with Crippen molar-refractivity contribution in [3.63, 3.8) is 0 Å². The van der Waals surface area contributed by atoms with Crippen molar-refractivity contribution in [1.82, 2.24) is 9.21 Å². The summed E-state index contributed by atoms with van der Waals surface area (Å²) in [6.07, 6.45) is -5.55. The highest BCUT2D eigenvalue weighted by atomic mass is 35.5. The fourth-order valence-corrected chi connectivity index (χ4v) is 6.39. The summed E-state index contributed by atoms with van der Waals surface area (Å²) in [5.41, 5.74) is 0.163. The number of rotatable bonds is 9. The number of aliphatic hydroxyl groups excluding tert-OH is 1. The Hall–Kier alpha value is -2.91. The monoisotopic (exact) mass is 705 g/mol. The normalized spacial score (nSPS) is 21.0. The van der Waals surface area contributed by atoms with Crippen molar-refractivity contribution >= 4 is 39.1 Å². The lowest BCUT2D eigenvalue weighted by Gasteiger charge is -2.35. The number of anilines is 1. The molecule has 2 aromatic rings. The molecule has 47 heavy (non-hydrogen) atoms. The number of hydrogen-bond acceptors (Lipinski definition) is 7. The summed E-state index contributed by atoms with van der Waals surface area (Å²) in [4.78, 5) is 27.9. The van der Waals surface area contributed by atoms with Crippen LogP contribution in [0.25, 0.3) is 0 Å². The Morgan fingerprint density at radius 2 is 1.85 bits per heavy atom. The predicted octanol–water partition coefficient (Wildman–Crippen LogP) is 5.74. The topological polar surface area (TPSA) is 125 Å². The van der Waals surface area contributed by atoms with Crippen molar-refractivity contribution in [1.29, 1.82) is 0 Å². The molecule has 2 N–H and O–H groups in total. The van der Waals surface area contributed by atoms with Gasteiger partial charge < -0.3 is 24.8 Å². The van der Waals surface area contributed by atoms with E-state index in [9.17, 15) is 36.3 Å². The van der Waals surface area contributed by atoms with Crippen molar-refractivity contribution in [2.45, 2.75) is 82.2 Å². The van der Waals surface area contributed by atoms with Crippen LogP contribution in [0.1, 0.15) is 63.2 Å². The number of likely N-dealkylation sites (N-methyl/N-ethyl adjacent to an activating group) is 1. The molecule has 3 rings (SSSR count). The molecule has 0 saturated heterocycles. The lowest BCUT2D eigenvalue weighted by molar-refractivity contribution is -0.142. The molecule has 0 saturated carbocycles. The average molecular weight is 706 g/mol. The molecule has 0 aliphatic carbocycles. The summed E-state index contributed by atoms with van der Waals surface area (Å²) in [5.74, 6) is -1.62. The average Bonchev–Trinajstić information content (AvgIpc) is 3.01. The van der Waals surface area contributed by atoms with Gasteiger partial charge in [-0.1, -0.05) is 18.5 Å². The minimum atomic E-state index is -4.50. The fourth-order valence-electron chi connectivity index (χ4n) is 5.08. The third-order valence-corrected chi connectivity index (χ3v) is 10.0.